The van der Waals surface area contributed by atoms with Gasteiger partial charge in [-0.25, -0.2) is 8.42 Å². The van der Waals surface area contributed by atoms with E-state index in [1.54, 1.807) is 0 Å². The molecule has 0 unspecified atom stereocenters. The highest BCUT2D eigenvalue weighted by Gasteiger charge is 2.20. The molecular formula is C9H8Cl2NO4S-. The fourth-order valence-corrected chi connectivity index (χ4v) is 2.60. The number of nitrogens with zero attached hydrogens (tertiary/aromatic N) is 1. The van der Waals surface area contributed by atoms with Gasteiger partial charge in [-0.2, -0.15) is 0 Å². The van der Waals surface area contributed by atoms with E-state index >= 15 is 0 Å². The number of anilines is 1. The molecule has 17 heavy (non-hydrogen) atoms. The number of aliphatic carboxylic acids is 1. The van der Waals surface area contributed by atoms with Crippen LogP contribution in [-0.4, -0.2) is 27.2 Å². The smallest absolute Gasteiger partial charge is 0.232 e. The van der Waals surface area contributed by atoms with Crippen LogP contribution in [0.4, 0.5) is 5.69 Å². The van der Waals surface area contributed by atoms with Crippen LogP contribution in [0.3, 0.4) is 0 Å². The number of hydrogen-bond acceptors (Lipinski definition) is 4. The van der Waals surface area contributed by atoms with Crippen LogP contribution in [0, 0.1) is 0 Å². The molecule has 0 saturated heterocycles. The number of rotatable bonds is 4. The van der Waals surface area contributed by atoms with Crippen molar-refractivity contribution in [3.05, 3.63) is 28.2 Å². The molecule has 0 saturated carbocycles. The second-order valence-corrected chi connectivity index (χ2v) is 5.99. The summed E-state index contributed by atoms with van der Waals surface area (Å²) >= 11 is 11.5. The zero-order chi connectivity index (χ0) is 13.2. The molecule has 0 amide bonds. The zero-order valence-electron chi connectivity index (χ0n) is 8.68. The van der Waals surface area contributed by atoms with Gasteiger partial charge >= 0.3 is 0 Å². The first-order valence-electron chi connectivity index (χ1n) is 4.34. The molecule has 0 aliphatic carbocycles. The largest absolute Gasteiger partial charge is 0.548 e. The third-order valence-electron chi connectivity index (χ3n) is 1.85. The predicted octanol–water partition coefficient (Wildman–Crippen LogP) is 0.509. The Morgan fingerprint density at radius 1 is 1.41 bits per heavy atom. The molecule has 0 radical (unpaired) electrons. The minimum atomic E-state index is -3.76. The molecule has 94 valence electrons. The third kappa shape index (κ3) is 3.76. The lowest BCUT2D eigenvalue weighted by Gasteiger charge is -2.23. The van der Waals surface area contributed by atoms with Crippen LogP contribution in [0.2, 0.25) is 10.0 Å². The number of carbonyl (C=O) groups is 1. The lowest BCUT2D eigenvalue weighted by atomic mass is 10.3. The van der Waals surface area contributed by atoms with Gasteiger partial charge in [0, 0.05) is 5.02 Å². The molecule has 0 aliphatic rings. The van der Waals surface area contributed by atoms with E-state index in [4.69, 9.17) is 23.2 Å². The Labute approximate surface area is 109 Å². The molecule has 0 N–H and O–H groups in total. The molecule has 0 atom stereocenters. The maximum absolute atomic E-state index is 11.4. The summed E-state index contributed by atoms with van der Waals surface area (Å²) < 4.78 is 23.5. The number of sulfonamides is 1. The van der Waals surface area contributed by atoms with Crippen molar-refractivity contribution in [2.75, 3.05) is 17.1 Å². The van der Waals surface area contributed by atoms with E-state index in [0.717, 1.165) is 6.26 Å². The first-order valence-corrected chi connectivity index (χ1v) is 6.95. The van der Waals surface area contributed by atoms with Crippen molar-refractivity contribution >= 4 is 44.9 Å². The molecule has 0 aromatic heterocycles. The van der Waals surface area contributed by atoms with Gasteiger partial charge in [0.15, 0.2) is 0 Å². The van der Waals surface area contributed by atoms with Crippen LogP contribution >= 0.6 is 23.2 Å². The van der Waals surface area contributed by atoms with E-state index in [1.165, 1.54) is 18.2 Å². The SMILES string of the molecule is CS(=O)(=O)N(CC(=O)[O-])c1ccc(Cl)cc1Cl. The van der Waals surface area contributed by atoms with Gasteiger partial charge in [-0.05, 0) is 18.2 Å². The van der Waals surface area contributed by atoms with E-state index < -0.39 is 22.5 Å². The summed E-state index contributed by atoms with van der Waals surface area (Å²) in [6, 6.07) is 4.07. The standard InChI is InChI=1S/C9H9Cl2NO4S/c1-17(15,16)12(5-9(13)14)8-3-2-6(10)4-7(8)11/h2-4H,5H2,1H3,(H,13,14)/p-1. The van der Waals surface area contributed by atoms with Crippen molar-refractivity contribution in [1.29, 1.82) is 0 Å². The van der Waals surface area contributed by atoms with Gasteiger partial charge in [-0.3, -0.25) is 4.31 Å². The van der Waals surface area contributed by atoms with Gasteiger partial charge in [0.2, 0.25) is 10.0 Å². The molecule has 0 bridgehead atoms. The van der Waals surface area contributed by atoms with Crippen molar-refractivity contribution in [3.63, 3.8) is 0 Å². The lowest BCUT2D eigenvalue weighted by Crippen LogP contribution is -2.41. The number of halogens is 2. The first-order chi connectivity index (χ1) is 7.71. The van der Waals surface area contributed by atoms with Crippen LogP contribution in [0.5, 0.6) is 0 Å². The molecular weight excluding hydrogens is 289 g/mol. The Morgan fingerprint density at radius 2 is 2.00 bits per heavy atom. The van der Waals surface area contributed by atoms with Crippen LogP contribution in [-0.2, 0) is 14.8 Å². The van der Waals surface area contributed by atoms with E-state index in [9.17, 15) is 18.3 Å². The summed E-state index contributed by atoms with van der Waals surface area (Å²) in [5, 5.41) is 10.9. The van der Waals surface area contributed by atoms with Gasteiger partial charge in [0.25, 0.3) is 0 Å². The fraction of sp³-hybridized carbons (Fsp3) is 0.222. The van der Waals surface area contributed by atoms with E-state index in [1.807, 2.05) is 0 Å². The van der Waals surface area contributed by atoms with Gasteiger partial charge in [0.1, 0.15) is 0 Å². The van der Waals surface area contributed by atoms with Gasteiger partial charge < -0.3 is 9.90 Å². The van der Waals surface area contributed by atoms with E-state index in [0.29, 0.717) is 9.33 Å². The molecule has 1 rings (SSSR count). The Kier molecular flexibility index (Phi) is 4.24. The summed E-state index contributed by atoms with van der Waals surface area (Å²) in [6.45, 7) is -0.805. The predicted molar refractivity (Wildman–Crippen MR) is 63.7 cm³/mol. The van der Waals surface area contributed by atoms with Crippen molar-refractivity contribution in [2.24, 2.45) is 0 Å². The summed E-state index contributed by atoms with van der Waals surface area (Å²) in [5.74, 6) is -1.53. The Hall–Kier alpha value is -0.980. The van der Waals surface area contributed by atoms with Crippen LogP contribution in [0.15, 0.2) is 18.2 Å². The third-order valence-corrected chi connectivity index (χ3v) is 3.52. The van der Waals surface area contributed by atoms with Crippen LogP contribution < -0.4 is 9.41 Å². The molecule has 1 aromatic carbocycles. The second kappa shape index (κ2) is 5.12. The Balaban J connectivity index is 3.27. The average molecular weight is 297 g/mol. The zero-order valence-corrected chi connectivity index (χ0v) is 11.0. The number of carboxylic acids is 1. The van der Waals surface area contributed by atoms with Gasteiger partial charge in [-0.1, -0.05) is 23.2 Å². The van der Waals surface area contributed by atoms with Crippen LogP contribution in [0.25, 0.3) is 0 Å². The molecule has 0 aliphatic heterocycles. The quantitative estimate of drug-likeness (QED) is 0.811. The molecule has 0 spiro atoms. The van der Waals surface area contributed by atoms with Crippen molar-refractivity contribution < 1.29 is 18.3 Å². The Bertz CT molecular complexity index is 544. The summed E-state index contributed by atoms with van der Waals surface area (Å²) in [6.07, 6.45) is 0.876. The number of hydrogen-bond donors (Lipinski definition) is 0. The number of benzene rings is 1. The van der Waals surface area contributed by atoms with Gasteiger partial charge in [-0.15, -0.1) is 0 Å². The van der Waals surface area contributed by atoms with E-state index in [2.05, 4.69) is 0 Å². The van der Waals surface area contributed by atoms with E-state index in [-0.39, 0.29) is 10.7 Å². The average Bonchev–Trinajstić information content (AvgIpc) is 2.13. The first kappa shape index (κ1) is 14.1. The summed E-state index contributed by atoms with van der Waals surface area (Å²) in [5.41, 5.74) is 0.0442. The van der Waals surface area contributed by atoms with Crippen molar-refractivity contribution in [3.8, 4) is 0 Å². The lowest BCUT2D eigenvalue weighted by molar-refractivity contribution is -0.303. The number of carboxylic acid groups (broad SMARTS) is 1. The topological polar surface area (TPSA) is 77.5 Å². The fourth-order valence-electron chi connectivity index (χ4n) is 1.18. The minimum Gasteiger partial charge on any atom is -0.548 e. The Morgan fingerprint density at radius 3 is 2.41 bits per heavy atom. The molecule has 8 heteroatoms. The molecule has 0 fully saturated rings. The molecule has 0 heterocycles. The monoisotopic (exact) mass is 296 g/mol. The second-order valence-electron chi connectivity index (χ2n) is 3.24. The van der Waals surface area contributed by atoms with Crippen molar-refractivity contribution in [1.82, 2.24) is 0 Å². The highest BCUT2D eigenvalue weighted by molar-refractivity contribution is 7.92. The highest BCUT2D eigenvalue weighted by Crippen LogP contribution is 2.29. The number of carbonyl (C=O) groups excluding carboxylic acids is 1. The summed E-state index contributed by atoms with van der Waals surface area (Å²) in [7, 11) is -3.76. The van der Waals surface area contributed by atoms with Crippen LogP contribution in [0.1, 0.15) is 0 Å². The van der Waals surface area contributed by atoms with Gasteiger partial charge in [0.05, 0.1) is 29.5 Å². The summed E-state index contributed by atoms with van der Waals surface area (Å²) in [4.78, 5) is 10.5. The van der Waals surface area contributed by atoms with Crippen molar-refractivity contribution in [2.45, 2.75) is 0 Å². The maximum Gasteiger partial charge on any atom is 0.232 e. The maximum atomic E-state index is 11.4. The highest BCUT2D eigenvalue weighted by atomic mass is 35.5. The normalized spacial score (nSPS) is 11.2. The molecule has 1 aromatic rings. The molecule has 5 nitrogen and oxygen atoms in total. The minimum absolute atomic E-state index is 0.0442.